The Labute approximate surface area is 202 Å². The minimum Gasteiger partial charge on any atom is -0.339 e. The molecule has 1 aromatic carbocycles. The number of fused-ring (bicyclic) bond motifs is 2. The van der Waals surface area contributed by atoms with Crippen LogP contribution < -0.4 is 4.90 Å². The maximum Gasteiger partial charge on any atom is 0.250 e. The summed E-state index contributed by atoms with van der Waals surface area (Å²) in [7, 11) is 3.82. The molecule has 4 aromatic heterocycles. The molecule has 0 unspecified atom stereocenters. The van der Waals surface area contributed by atoms with Crippen LogP contribution in [0.3, 0.4) is 0 Å². The van der Waals surface area contributed by atoms with E-state index in [1.807, 2.05) is 57.2 Å². The second-order valence-electron chi connectivity index (χ2n) is 8.95. The predicted octanol–water partition coefficient (Wildman–Crippen LogP) is 4.41. The second kappa shape index (κ2) is 7.80. The summed E-state index contributed by atoms with van der Waals surface area (Å²) in [5.74, 6) is -0.0796. The van der Waals surface area contributed by atoms with Crippen LogP contribution in [0.15, 0.2) is 61.8 Å². The van der Waals surface area contributed by atoms with Gasteiger partial charge in [0.15, 0.2) is 0 Å². The molecule has 0 saturated carbocycles. The zero-order valence-corrected chi connectivity index (χ0v) is 19.9. The van der Waals surface area contributed by atoms with Crippen LogP contribution >= 0.6 is 0 Å². The van der Waals surface area contributed by atoms with Crippen molar-refractivity contribution in [3.63, 3.8) is 0 Å². The second-order valence-corrected chi connectivity index (χ2v) is 8.95. The standard InChI is InChI=1S/C27H25N7O/c1-5-23(35)34-10-9-19-20(7-6-8-22(19)34)25-24-16(2)21(17-11-29-32(3)14-17)13-28-27(24)31-26(25)18-12-30-33(4)15-18/h5-8,11-15H,1,9-10H2,2-4H3,(H,28,31). The summed E-state index contributed by atoms with van der Waals surface area (Å²) in [4.78, 5) is 22.7. The first-order valence-corrected chi connectivity index (χ1v) is 11.5. The number of hydrogen-bond donors (Lipinski definition) is 1. The topological polar surface area (TPSA) is 84.6 Å². The molecule has 5 heterocycles. The van der Waals surface area contributed by atoms with Gasteiger partial charge in [-0.2, -0.15) is 10.2 Å². The zero-order chi connectivity index (χ0) is 24.3. The average Bonchev–Trinajstić information content (AvgIpc) is 3.63. The summed E-state index contributed by atoms with van der Waals surface area (Å²) >= 11 is 0. The Balaban J connectivity index is 1.66. The molecular weight excluding hydrogens is 438 g/mol. The number of aromatic amines is 1. The molecule has 0 bridgehead atoms. The van der Waals surface area contributed by atoms with Crippen molar-refractivity contribution < 1.29 is 4.79 Å². The number of carbonyl (C=O) groups is 1. The maximum atomic E-state index is 12.5. The largest absolute Gasteiger partial charge is 0.339 e. The highest BCUT2D eigenvalue weighted by Gasteiger charge is 2.29. The summed E-state index contributed by atoms with van der Waals surface area (Å²) in [6, 6.07) is 6.17. The lowest BCUT2D eigenvalue weighted by Crippen LogP contribution is -2.26. The summed E-state index contributed by atoms with van der Waals surface area (Å²) in [6.45, 7) is 6.45. The van der Waals surface area contributed by atoms with Gasteiger partial charge in [0.1, 0.15) is 5.65 Å². The van der Waals surface area contributed by atoms with Gasteiger partial charge < -0.3 is 9.88 Å². The smallest absolute Gasteiger partial charge is 0.250 e. The number of pyridine rings is 1. The quantitative estimate of drug-likeness (QED) is 0.400. The van der Waals surface area contributed by atoms with Crippen molar-refractivity contribution in [1.82, 2.24) is 29.5 Å². The third-order valence-electron chi connectivity index (χ3n) is 6.83. The summed E-state index contributed by atoms with van der Waals surface area (Å²) in [5, 5.41) is 9.83. The molecule has 0 spiro atoms. The molecule has 0 atom stereocenters. The number of anilines is 1. The van der Waals surface area contributed by atoms with Gasteiger partial charge in [0.05, 0.1) is 18.1 Å². The van der Waals surface area contributed by atoms with Crippen molar-refractivity contribution >= 4 is 22.6 Å². The number of nitrogens with zero attached hydrogens (tertiary/aromatic N) is 6. The lowest BCUT2D eigenvalue weighted by atomic mass is 9.91. The normalized spacial score (nSPS) is 12.9. The predicted molar refractivity (Wildman–Crippen MR) is 137 cm³/mol. The number of rotatable bonds is 4. The van der Waals surface area contributed by atoms with Crippen LogP contribution in [0, 0.1) is 6.92 Å². The van der Waals surface area contributed by atoms with E-state index in [4.69, 9.17) is 4.98 Å². The lowest BCUT2D eigenvalue weighted by Gasteiger charge is -2.16. The number of nitrogens with one attached hydrogen (secondary N) is 1. The molecular formula is C27H25N7O. The van der Waals surface area contributed by atoms with Crippen LogP contribution in [0.1, 0.15) is 11.1 Å². The van der Waals surface area contributed by atoms with E-state index in [0.29, 0.717) is 6.54 Å². The van der Waals surface area contributed by atoms with Gasteiger partial charge in [-0.25, -0.2) is 4.98 Å². The Morgan fingerprint density at radius 3 is 2.49 bits per heavy atom. The van der Waals surface area contributed by atoms with Gasteiger partial charge in [-0.1, -0.05) is 18.7 Å². The highest BCUT2D eigenvalue weighted by atomic mass is 16.2. The number of H-pyrrole nitrogens is 1. The monoisotopic (exact) mass is 463 g/mol. The minimum absolute atomic E-state index is 0.0796. The number of aromatic nitrogens is 6. The van der Waals surface area contributed by atoms with Gasteiger partial charge in [-0.15, -0.1) is 0 Å². The third kappa shape index (κ3) is 3.21. The Morgan fingerprint density at radius 2 is 1.80 bits per heavy atom. The Hall–Kier alpha value is -4.46. The Kier molecular flexibility index (Phi) is 4.70. The van der Waals surface area contributed by atoms with E-state index < -0.39 is 0 Å². The Bertz CT molecular complexity index is 1630. The molecule has 1 amide bonds. The summed E-state index contributed by atoms with van der Waals surface area (Å²) in [5.41, 5.74) is 10.2. The van der Waals surface area contributed by atoms with E-state index in [9.17, 15) is 4.79 Å². The molecule has 35 heavy (non-hydrogen) atoms. The summed E-state index contributed by atoms with van der Waals surface area (Å²) in [6.07, 6.45) is 11.8. The first-order valence-electron chi connectivity index (χ1n) is 11.5. The number of amides is 1. The van der Waals surface area contributed by atoms with Crippen molar-refractivity contribution in [2.24, 2.45) is 14.1 Å². The number of benzene rings is 1. The van der Waals surface area contributed by atoms with E-state index in [2.05, 4.69) is 34.8 Å². The van der Waals surface area contributed by atoms with Crippen LogP contribution in [0.2, 0.25) is 0 Å². The number of carbonyl (C=O) groups excluding carboxylic acids is 1. The number of hydrogen-bond acceptors (Lipinski definition) is 4. The van der Waals surface area contributed by atoms with Crippen molar-refractivity contribution in [3.05, 3.63) is 73.0 Å². The van der Waals surface area contributed by atoms with E-state index in [-0.39, 0.29) is 5.91 Å². The SMILES string of the molecule is C=CC(=O)N1CCc2c(-c3c(-c4cnn(C)c4)[nH]c4ncc(-c5cnn(C)c5)c(C)c34)cccc21. The van der Waals surface area contributed by atoms with Gasteiger partial charge in [0, 0.05) is 72.6 Å². The van der Waals surface area contributed by atoms with Gasteiger partial charge in [-0.05, 0) is 42.2 Å². The van der Waals surface area contributed by atoms with Gasteiger partial charge in [0.25, 0.3) is 0 Å². The molecule has 1 aliphatic rings. The fraction of sp³-hybridized carbons (Fsp3) is 0.185. The van der Waals surface area contributed by atoms with Crippen molar-refractivity contribution in [1.29, 1.82) is 0 Å². The van der Waals surface area contributed by atoms with Gasteiger partial charge in [0.2, 0.25) is 5.91 Å². The molecule has 0 fully saturated rings. The van der Waals surface area contributed by atoms with Gasteiger partial charge >= 0.3 is 0 Å². The van der Waals surface area contributed by atoms with Crippen molar-refractivity contribution in [2.75, 3.05) is 11.4 Å². The zero-order valence-electron chi connectivity index (χ0n) is 19.9. The van der Waals surface area contributed by atoms with Crippen LogP contribution in [-0.4, -0.2) is 42.0 Å². The summed E-state index contributed by atoms with van der Waals surface area (Å²) < 4.78 is 3.60. The van der Waals surface area contributed by atoms with Crippen LogP contribution in [0.25, 0.3) is 44.5 Å². The van der Waals surface area contributed by atoms with Crippen molar-refractivity contribution in [3.8, 4) is 33.5 Å². The molecule has 8 nitrogen and oxygen atoms in total. The number of aryl methyl sites for hydroxylation is 3. The van der Waals surface area contributed by atoms with Gasteiger partial charge in [-0.3, -0.25) is 14.2 Å². The van der Waals surface area contributed by atoms with E-state index in [1.165, 1.54) is 6.08 Å². The molecule has 1 aliphatic heterocycles. The maximum absolute atomic E-state index is 12.5. The highest BCUT2D eigenvalue weighted by molar-refractivity contribution is 6.09. The molecule has 8 heteroatoms. The van der Waals surface area contributed by atoms with E-state index >= 15 is 0 Å². The average molecular weight is 464 g/mol. The molecule has 0 saturated heterocycles. The molecule has 5 aromatic rings. The molecule has 1 N–H and O–H groups in total. The van der Waals surface area contributed by atoms with E-state index in [1.54, 1.807) is 14.3 Å². The van der Waals surface area contributed by atoms with Crippen LogP contribution in [-0.2, 0) is 25.3 Å². The van der Waals surface area contributed by atoms with Crippen molar-refractivity contribution in [2.45, 2.75) is 13.3 Å². The fourth-order valence-electron chi connectivity index (χ4n) is 5.20. The first kappa shape index (κ1) is 21.1. The fourth-order valence-corrected chi connectivity index (χ4v) is 5.20. The lowest BCUT2D eigenvalue weighted by molar-refractivity contribution is -0.114. The molecule has 6 rings (SSSR count). The van der Waals surface area contributed by atoms with Crippen LogP contribution in [0.5, 0.6) is 0 Å². The minimum atomic E-state index is -0.0796. The molecule has 174 valence electrons. The molecule has 0 aliphatic carbocycles. The van der Waals surface area contributed by atoms with Crippen LogP contribution in [0.4, 0.5) is 5.69 Å². The third-order valence-corrected chi connectivity index (χ3v) is 6.83. The molecule has 0 radical (unpaired) electrons. The first-order chi connectivity index (χ1) is 17.0. The Morgan fingerprint density at radius 1 is 1.06 bits per heavy atom. The highest BCUT2D eigenvalue weighted by Crippen LogP contribution is 2.45. The van der Waals surface area contributed by atoms with E-state index in [0.717, 1.165) is 67.8 Å².